The SMILES string of the molecule is CC[C@H](C(=O)NC1CCCC1)N(CCc1ccccc1)C(=O)CN(c1cc(C)ccc1C)S(=O)(=O)c1ccccc1. The van der Waals surface area contributed by atoms with Crippen LogP contribution in [0, 0.1) is 13.8 Å². The molecule has 3 aromatic carbocycles. The fourth-order valence-corrected chi connectivity index (χ4v) is 6.98. The van der Waals surface area contributed by atoms with Crippen molar-refractivity contribution in [2.45, 2.75) is 76.3 Å². The van der Waals surface area contributed by atoms with E-state index in [2.05, 4.69) is 5.32 Å². The Bertz CT molecular complexity index is 1420. The molecule has 218 valence electrons. The van der Waals surface area contributed by atoms with Crippen molar-refractivity contribution in [2.75, 3.05) is 17.4 Å². The molecule has 1 aliphatic rings. The zero-order valence-corrected chi connectivity index (χ0v) is 25.1. The number of carbonyl (C=O) groups excluding carboxylic acids is 2. The van der Waals surface area contributed by atoms with Gasteiger partial charge in [0.2, 0.25) is 11.8 Å². The summed E-state index contributed by atoms with van der Waals surface area (Å²) in [5, 5.41) is 3.16. The van der Waals surface area contributed by atoms with Crippen molar-refractivity contribution >= 4 is 27.5 Å². The molecule has 0 heterocycles. The van der Waals surface area contributed by atoms with Crippen LogP contribution >= 0.6 is 0 Å². The van der Waals surface area contributed by atoms with E-state index in [1.807, 2.05) is 63.2 Å². The van der Waals surface area contributed by atoms with Crippen molar-refractivity contribution < 1.29 is 18.0 Å². The topological polar surface area (TPSA) is 86.8 Å². The van der Waals surface area contributed by atoms with Gasteiger partial charge in [-0.25, -0.2) is 8.42 Å². The second-order valence-corrected chi connectivity index (χ2v) is 12.7. The smallest absolute Gasteiger partial charge is 0.264 e. The Morgan fingerprint density at radius 3 is 2.20 bits per heavy atom. The highest BCUT2D eigenvalue weighted by atomic mass is 32.2. The Morgan fingerprint density at radius 1 is 0.927 bits per heavy atom. The van der Waals surface area contributed by atoms with Crippen LogP contribution in [0.2, 0.25) is 0 Å². The zero-order chi connectivity index (χ0) is 29.4. The van der Waals surface area contributed by atoms with Gasteiger partial charge in [-0.1, -0.05) is 80.4 Å². The highest BCUT2D eigenvalue weighted by Gasteiger charge is 2.34. The number of aryl methyl sites for hydroxylation is 2. The lowest BCUT2D eigenvalue weighted by atomic mass is 10.1. The highest BCUT2D eigenvalue weighted by Crippen LogP contribution is 2.28. The number of nitrogens with zero attached hydrogens (tertiary/aromatic N) is 2. The molecule has 4 rings (SSSR count). The Kier molecular flexibility index (Phi) is 10.2. The predicted molar refractivity (Wildman–Crippen MR) is 163 cm³/mol. The molecule has 1 fully saturated rings. The summed E-state index contributed by atoms with van der Waals surface area (Å²) in [5.41, 5.74) is 3.12. The monoisotopic (exact) mass is 575 g/mol. The summed E-state index contributed by atoms with van der Waals surface area (Å²) in [4.78, 5) is 29.4. The molecule has 0 bridgehead atoms. The minimum absolute atomic E-state index is 0.107. The van der Waals surface area contributed by atoms with Gasteiger partial charge < -0.3 is 10.2 Å². The van der Waals surface area contributed by atoms with E-state index >= 15 is 0 Å². The average molecular weight is 576 g/mol. The van der Waals surface area contributed by atoms with Crippen LogP contribution in [0.4, 0.5) is 5.69 Å². The Balaban J connectivity index is 1.69. The van der Waals surface area contributed by atoms with E-state index in [4.69, 9.17) is 0 Å². The molecule has 0 radical (unpaired) electrons. The van der Waals surface area contributed by atoms with Crippen molar-refractivity contribution in [3.05, 3.63) is 95.6 Å². The molecule has 1 N–H and O–H groups in total. The number of rotatable bonds is 12. The third kappa shape index (κ3) is 7.55. The quantitative estimate of drug-likeness (QED) is 0.313. The maximum atomic E-state index is 14.2. The maximum Gasteiger partial charge on any atom is 0.264 e. The number of anilines is 1. The van der Waals surface area contributed by atoms with E-state index in [1.54, 1.807) is 29.2 Å². The van der Waals surface area contributed by atoms with Gasteiger partial charge in [-0.2, -0.15) is 0 Å². The van der Waals surface area contributed by atoms with E-state index in [1.165, 1.54) is 16.4 Å². The number of carbonyl (C=O) groups is 2. The van der Waals surface area contributed by atoms with Crippen molar-refractivity contribution in [1.82, 2.24) is 10.2 Å². The molecule has 0 saturated heterocycles. The molecule has 0 aromatic heterocycles. The largest absolute Gasteiger partial charge is 0.352 e. The van der Waals surface area contributed by atoms with Crippen molar-refractivity contribution in [3.8, 4) is 0 Å². The summed E-state index contributed by atoms with van der Waals surface area (Å²) in [6.45, 7) is 5.51. The molecular formula is C33H41N3O4S. The molecule has 3 aromatic rings. The van der Waals surface area contributed by atoms with Crippen molar-refractivity contribution in [2.24, 2.45) is 0 Å². The van der Waals surface area contributed by atoms with Crippen LogP contribution in [-0.4, -0.2) is 50.3 Å². The molecule has 1 aliphatic carbocycles. The Labute approximate surface area is 244 Å². The van der Waals surface area contributed by atoms with Crippen LogP contribution in [0.1, 0.15) is 55.7 Å². The van der Waals surface area contributed by atoms with Crippen molar-refractivity contribution in [1.29, 1.82) is 0 Å². The first-order valence-electron chi connectivity index (χ1n) is 14.5. The van der Waals surface area contributed by atoms with Gasteiger partial charge >= 0.3 is 0 Å². The summed E-state index contributed by atoms with van der Waals surface area (Å²) >= 11 is 0. The van der Waals surface area contributed by atoms with Gasteiger partial charge in [0.1, 0.15) is 12.6 Å². The average Bonchev–Trinajstić information content (AvgIpc) is 3.49. The van der Waals surface area contributed by atoms with Crippen LogP contribution in [0.25, 0.3) is 0 Å². The molecule has 0 aliphatic heterocycles. The minimum atomic E-state index is -4.08. The summed E-state index contributed by atoms with van der Waals surface area (Å²) in [6.07, 6.45) is 5.02. The number of nitrogens with one attached hydrogen (secondary N) is 1. The lowest BCUT2D eigenvalue weighted by Gasteiger charge is -2.34. The molecule has 1 atom stereocenters. The van der Waals surface area contributed by atoms with Crippen LogP contribution in [-0.2, 0) is 26.0 Å². The molecule has 7 nitrogen and oxygen atoms in total. The number of benzene rings is 3. The number of amides is 2. The van der Waals surface area contributed by atoms with E-state index in [0.29, 0.717) is 25.1 Å². The van der Waals surface area contributed by atoms with Gasteiger partial charge in [0.05, 0.1) is 10.6 Å². The Hall–Kier alpha value is -3.65. The van der Waals surface area contributed by atoms with Gasteiger partial charge in [0.25, 0.3) is 10.0 Å². The third-order valence-electron chi connectivity index (χ3n) is 7.82. The van der Waals surface area contributed by atoms with Gasteiger partial charge in [-0.05, 0) is 74.4 Å². The van der Waals surface area contributed by atoms with E-state index in [0.717, 1.165) is 42.4 Å². The number of hydrogen-bond donors (Lipinski definition) is 1. The fraction of sp³-hybridized carbons (Fsp3) is 0.394. The normalized spacial score (nSPS) is 14.4. The van der Waals surface area contributed by atoms with Crippen molar-refractivity contribution in [3.63, 3.8) is 0 Å². The zero-order valence-electron chi connectivity index (χ0n) is 24.3. The predicted octanol–water partition coefficient (Wildman–Crippen LogP) is 5.41. The van der Waals surface area contributed by atoms with Gasteiger partial charge in [0.15, 0.2) is 0 Å². The maximum absolute atomic E-state index is 14.2. The minimum Gasteiger partial charge on any atom is -0.352 e. The lowest BCUT2D eigenvalue weighted by Crippen LogP contribution is -2.54. The molecule has 41 heavy (non-hydrogen) atoms. The first kappa shape index (κ1) is 30.3. The second-order valence-electron chi connectivity index (χ2n) is 10.9. The first-order valence-corrected chi connectivity index (χ1v) is 15.9. The molecular weight excluding hydrogens is 534 g/mol. The molecule has 0 spiro atoms. The standard InChI is InChI=1S/C33H41N3O4S/c1-4-30(33(38)34-28-15-11-12-16-28)35(22-21-27-13-7-5-8-14-27)32(37)24-36(31-23-25(2)19-20-26(31)3)41(39,40)29-17-9-6-10-18-29/h5-10,13-14,17-20,23,28,30H,4,11-12,15-16,21-22,24H2,1-3H3,(H,34,38)/t30-/m1/s1. The highest BCUT2D eigenvalue weighted by molar-refractivity contribution is 7.92. The lowest BCUT2D eigenvalue weighted by molar-refractivity contribution is -0.139. The third-order valence-corrected chi connectivity index (χ3v) is 9.59. The summed E-state index contributed by atoms with van der Waals surface area (Å²) in [7, 11) is -4.08. The summed E-state index contributed by atoms with van der Waals surface area (Å²) in [6, 6.07) is 23.0. The van der Waals surface area contributed by atoms with Crippen LogP contribution in [0.15, 0.2) is 83.8 Å². The van der Waals surface area contributed by atoms with Gasteiger partial charge in [-0.3, -0.25) is 13.9 Å². The summed E-state index contributed by atoms with van der Waals surface area (Å²) < 4.78 is 29.2. The van der Waals surface area contributed by atoms with E-state index < -0.39 is 28.5 Å². The van der Waals surface area contributed by atoms with Crippen LogP contribution in [0.3, 0.4) is 0 Å². The Morgan fingerprint density at radius 2 is 1.56 bits per heavy atom. The number of hydrogen-bond acceptors (Lipinski definition) is 4. The fourth-order valence-electron chi connectivity index (χ4n) is 5.48. The van der Waals surface area contributed by atoms with E-state index in [9.17, 15) is 18.0 Å². The number of sulfonamides is 1. The van der Waals surface area contributed by atoms with Gasteiger partial charge in [-0.15, -0.1) is 0 Å². The van der Waals surface area contributed by atoms with Crippen LogP contribution in [0.5, 0.6) is 0 Å². The van der Waals surface area contributed by atoms with Gasteiger partial charge in [0, 0.05) is 12.6 Å². The molecule has 1 saturated carbocycles. The molecule has 2 amide bonds. The summed E-state index contributed by atoms with van der Waals surface area (Å²) in [5.74, 6) is -0.584. The second kappa shape index (κ2) is 13.8. The molecule has 8 heteroatoms. The van der Waals surface area contributed by atoms with E-state index in [-0.39, 0.29) is 16.8 Å². The molecule has 0 unspecified atom stereocenters. The van der Waals surface area contributed by atoms with Crippen LogP contribution < -0.4 is 9.62 Å². The first-order chi connectivity index (χ1) is 19.7.